The van der Waals surface area contributed by atoms with Crippen molar-refractivity contribution in [2.75, 3.05) is 13.7 Å². The zero-order chi connectivity index (χ0) is 12.0. The van der Waals surface area contributed by atoms with Crippen LogP contribution in [0.5, 0.6) is 5.75 Å². The number of hydrogen-bond donors (Lipinski definition) is 2. The predicted molar refractivity (Wildman–Crippen MR) is 61.3 cm³/mol. The van der Waals surface area contributed by atoms with Gasteiger partial charge in [-0.15, -0.1) is 0 Å². The molecule has 0 heterocycles. The van der Waals surface area contributed by atoms with Gasteiger partial charge in [0, 0.05) is 6.54 Å². The van der Waals surface area contributed by atoms with Crippen LogP contribution in [0.2, 0.25) is 0 Å². The van der Waals surface area contributed by atoms with E-state index in [0.717, 1.165) is 6.42 Å². The molecule has 1 rings (SSSR count). The molecule has 0 spiro atoms. The van der Waals surface area contributed by atoms with Gasteiger partial charge in [-0.3, -0.25) is 4.79 Å². The third-order valence-corrected chi connectivity index (χ3v) is 2.21. The Labute approximate surface area is 95.2 Å². The Morgan fingerprint density at radius 1 is 1.56 bits per heavy atom. The Kier molecular flexibility index (Phi) is 4.79. The second-order valence-electron chi connectivity index (χ2n) is 3.47. The molecule has 0 aromatic heterocycles. The van der Waals surface area contributed by atoms with Crippen molar-refractivity contribution in [3.8, 4) is 5.75 Å². The van der Waals surface area contributed by atoms with Crippen molar-refractivity contribution in [2.24, 2.45) is 0 Å². The molecule has 88 valence electrons. The van der Waals surface area contributed by atoms with Crippen LogP contribution in [0.25, 0.3) is 0 Å². The fourth-order valence-corrected chi connectivity index (χ4v) is 1.31. The number of aliphatic hydroxyl groups excluding tert-OH is 1. The number of carbonyl (C=O) groups excluding carboxylic acids is 1. The van der Waals surface area contributed by atoms with Gasteiger partial charge in [0.15, 0.2) is 6.10 Å². The topological polar surface area (TPSA) is 58.6 Å². The van der Waals surface area contributed by atoms with Gasteiger partial charge < -0.3 is 15.2 Å². The standard InChI is InChI=1S/C12H17NO3/c1-3-7-13-12(15)11(14)9-5-4-6-10(8-9)16-2/h4-6,8,11,14H,3,7H2,1-2H3,(H,13,15). The van der Waals surface area contributed by atoms with E-state index in [2.05, 4.69) is 5.32 Å². The van der Waals surface area contributed by atoms with Crippen LogP contribution in [-0.2, 0) is 4.79 Å². The molecule has 0 saturated heterocycles. The summed E-state index contributed by atoms with van der Waals surface area (Å²) in [5.41, 5.74) is 0.535. The maximum absolute atomic E-state index is 11.5. The smallest absolute Gasteiger partial charge is 0.253 e. The molecule has 0 aliphatic heterocycles. The number of nitrogens with one attached hydrogen (secondary N) is 1. The Bertz CT molecular complexity index is 352. The summed E-state index contributed by atoms with van der Waals surface area (Å²) in [7, 11) is 1.54. The van der Waals surface area contributed by atoms with Crippen molar-refractivity contribution in [3.63, 3.8) is 0 Å². The lowest BCUT2D eigenvalue weighted by Crippen LogP contribution is -2.29. The van der Waals surface area contributed by atoms with Crippen LogP contribution in [0, 0.1) is 0 Å². The van der Waals surface area contributed by atoms with Gasteiger partial charge in [-0.25, -0.2) is 0 Å². The minimum absolute atomic E-state index is 0.380. The number of rotatable bonds is 5. The highest BCUT2D eigenvalue weighted by Gasteiger charge is 2.16. The van der Waals surface area contributed by atoms with Gasteiger partial charge in [0.05, 0.1) is 7.11 Å². The summed E-state index contributed by atoms with van der Waals surface area (Å²) in [5.74, 6) is 0.245. The number of methoxy groups -OCH3 is 1. The number of hydrogen-bond acceptors (Lipinski definition) is 3. The molecule has 4 heteroatoms. The maximum Gasteiger partial charge on any atom is 0.253 e. The maximum atomic E-state index is 11.5. The Morgan fingerprint density at radius 2 is 2.31 bits per heavy atom. The summed E-state index contributed by atoms with van der Waals surface area (Å²) in [6.45, 7) is 2.53. The molecular formula is C12H17NO3. The number of amides is 1. The summed E-state index contributed by atoms with van der Waals surface area (Å²) in [6, 6.07) is 6.85. The summed E-state index contributed by atoms with van der Waals surface area (Å²) in [6.07, 6.45) is -0.294. The van der Waals surface area contributed by atoms with Crippen LogP contribution in [0.4, 0.5) is 0 Å². The highest BCUT2D eigenvalue weighted by atomic mass is 16.5. The van der Waals surface area contributed by atoms with E-state index >= 15 is 0 Å². The van der Waals surface area contributed by atoms with Crippen LogP contribution in [0.1, 0.15) is 25.0 Å². The molecule has 2 N–H and O–H groups in total. The van der Waals surface area contributed by atoms with Gasteiger partial charge in [-0.1, -0.05) is 19.1 Å². The molecule has 0 aliphatic carbocycles. The van der Waals surface area contributed by atoms with Crippen LogP contribution < -0.4 is 10.1 Å². The fraction of sp³-hybridized carbons (Fsp3) is 0.417. The van der Waals surface area contributed by atoms with Crippen LogP contribution >= 0.6 is 0 Å². The quantitative estimate of drug-likeness (QED) is 0.790. The number of ether oxygens (including phenoxy) is 1. The van der Waals surface area contributed by atoms with Gasteiger partial charge in [-0.2, -0.15) is 0 Å². The molecular weight excluding hydrogens is 206 g/mol. The second kappa shape index (κ2) is 6.12. The lowest BCUT2D eigenvalue weighted by atomic mass is 10.1. The Morgan fingerprint density at radius 3 is 2.94 bits per heavy atom. The van der Waals surface area contributed by atoms with E-state index in [1.807, 2.05) is 6.92 Å². The molecule has 1 aromatic carbocycles. The normalized spacial score (nSPS) is 11.9. The average Bonchev–Trinajstić information content (AvgIpc) is 2.35. The average molecular weight is 223 g/mol. The first-order chi connectivity index (χ1) is 7.69. The van der Waals surface area contributed by atoms with Crippen LogP contribution in [0.15, 0.2) is 24.3 Å². The van der Waals surface area contributed by atoms with Crippen molar-refractivity contribution in [3.05, 3.63) is 29.8 Å². The first kappa shape index (κ1) is 12.5. The molecule has 0 aliphatic rings. The molecule has 4 nitrogen and oxygen atoms in total. The van der Waals surface area contributed by atoms with Crippen molar-refractivity contribution in [1.29, 1.82) is 0 Å². The van der Waals surface area contributed by atoms with Gasteiger partial charge in [0.25, 0.3) is 5.91 Å². The van der Waals surface area contributed by atoms with E-state index < -0.39 is 6.10 Å². The first-order valence-electron chi connectivity index (χ1n) is 5.28. The van der Waals surface area contributed by atoms with E-state index in [1.165, 1.54) is 0 Å². The molecule has 1 atom stereocenters. The zero-order valence-corrected chi connectivity index (χ0v) is 9.56. The molecule has 0 fully saturated rings. The summed E-state index contributed by atoms with van der Waals surface area (Å²) in [4.78, 5) is 11.5. The lowest BCUT2D eigenvalue weighted by Gasteiger charge is -2.11. The third-order valence-electron chi connectivity index (χ3n) is 2.21. The Balaban J connectivity index is 2.71. The van der Waals surface area contributed by atoms with Gasteiger partial charge in [0.2, 0.25) is 0 Å². The van der Waals surface area contributed by atoms with Crippen LogP contribution in [0.3, 0.4) is 0 Å². The predicted octanol–water partition coefficient (Wildman–Crippen LogP) is 1.25. The molecule has 0 bridgehead atoms. The van der Waals surface area contributed by atoms with E-state index in [1.54, 1.807) is 31.4 Å². The zero-order valence-electron chi connectivity index (χ0n) is 9.56. The van der Waals surface area contributed by atoms with Crippen molar-refractivity contribution >= 4 is 5.91 Å². The molecule has 0 saturated carbocycles. The molecule has 1 aromatic rings. The van der Waals surface area contributed by atoms with Gasteiger partial charge >= 0.3 is 0 Å². The molecule has 1 amide bonds. The third kappa shape index (κ3) is 3.24. The minimum Gasteiger partial charge on any atom is -0.497 e. The van der Waals surface area contributed by atoms with E-state index in [-0.39, 0.29) is 5.91 Å². The van der Waals surface area contributed by atoms with Crippen molar-refractivity contribution in [2.45, 2.75) is 19.4 Å². The number of carbonyl (C=O) groups is 1. The largest absolute Gasteiger partial charge is 0.497 e. The summed E-state index contributed by atoms with van der Waals surface area (Å²) >= 11 is 0. The fourth-order valence-electron chi connectivity index (χ4n) is 1.31. The monoisotopic (exact) mass is 223 g/mol. The molecule has 0 radical (unpaired) electrons. The highest BCUT2D eigenvalue weighted by molar-refractivity contribution is 5.81. The molecule has 16 heavy (non-hydrogen) atoms. The SMILES string of the molecule is CCCNC(=O)C(O)c1cccc(OC)c1. The lowest BCUT2D eigenvalue weighted by molar-refractivity contribution is -0.129. The summed E-state index contributed by atoms with van der Waals surface area (Å²) < 4.78 is 5.02. The Hall–Kier alpha value is -1.55. The van der Waals surface area contributed by atoms with Gasteiger partial charge in [0.1, 0.15) is 5.75 Å². The van der Waals surface area contributed by atoms with Crippen LogP contribution in [-0.4, -0.2) is 24.7 Å². The highest BCUT2D eigenvalue weighted by Crippen LogP contribution is 2.18. The number of aliphatic hydroxyl groups is 1. The minimum atomic E-state index is -1.14. The van der Waals surface area contributed by atoms with E-state index in [4.69, 9.17) is 4.74 Å². The van der Waals surface area contributed by atoms with Crippen molar-refractivity contribution in [1.82, 2.24) is 5.32 Å². The second-order valence-corrected chi connectivity index (χ2v) is 3.47. The summed E-state index contributed by atoms with van der Waals surface area (Å²) in [5, 5.41) is 12.4. The van der Waals surface area contributed by atoms with Gasteiger partial charge in [-0.05, 0) is 24.1 Å². The van der Waals surface area contributed by atoms with E-state index in [9.17, 15) is 9.90 Å². The van der Waals surface area contributed by atoms with E-state index in [0.29, 0.717) is 17.9 Å². The number of benzene rings is 1. The van der Waals surface area contributed by atoms with Crippen molar-refractivity contribution < 1.29 is 14.6 Å². The molecule has 1 unspecified atom stereocenters. The first-order valence-corrected chi connectivity index (χ1v) is 5.28.